The molecule has 0 saturated heterocycles. The molecular formula is C18H32Na2O7S. The van der Waals surface area contributed by atoms with Gasteiger partial charge in [0.15, 0.2) is 5.25 Å². The molecule has 0 aliphatic heterocycles. The quantitative estimate of drug-likeness (QED) is 0.0991. The number of hydrogen-bond donors (Lipinski definition) is 0. The van der Waals surface area contributed by atoms with Crippen molar-refractivity contribution in [2.75, 3.05) is 6.61 Å². The molecule has 1 atom stereocenters. The molecule has 0 aromatic rings. The molecule has 10 heteroatoms. The van der Waals surface area contributed by atoms with E-state index in [9.17, 15) is 27.7 Å². The summed E-state index contributed by atoms with van der Waals surface area (Å²) in [4.78, 5) is 22.0. The van der Waals surface area contributed by atoms with Gasteiger partial charge in [0.25, 0.3) is 0 Å². The average molecular weight is 438 g/mol. The SMILES string of the molecule is CCCCCCCCCCCCCCOC(=O)C(CC(=O)[O-])S(=O)(=O)[O-].[Na+].[Na+]. The number of ether oxygens (including phenoxy) is 1. The Balaban J connectivity index is -0.00000312. The molecule has 0 heterocycles. The van der Waals surface area contributed by atoms with Gasteiger partial charge in [0.2, 0.25) is 0 Å². The number of esters is 1. The molecule has 154 valence electrons. The predicted octanol–water partition coefficient (Wildman–Crippen LogP) is -3.71. The first-order valence-electron chi connectivity index (χ1n) is 9.60. The van der Waals surface area contributed by atoms with Crippen LogP contribution in [-0.4, -0.2) is 36.8 Å². The minimum Gasteiger partial charge on any atom is -0.747 e. The van der Waals surface area contributed by atoms with Gasteiger partial charge in [-0.2, -0.15) is 0 Å². The predicted molar refractivity (Wildman–Crippen MR) is 95.1 cm³/mol. The smallest absolute Gasteiger partial charge is 0.747 e. The summed E-state index contributed by atoms with van der Waals surface area (Å²) in [5.41, 5.74) is 0. The molecule has 1 unspecified atom stereocenters. The zero-order chi connectivity index (χ0) is 19.8. The van der Waals surface area contributed by atoms with Crippen LogP contribution in [0.4, 0.5) is 0 Å². The standard InChI is InChI=1S/C18H34O7S.2Na/c1-2-3-4-5-6-7-8-9-10-11-12-13-14-25-18(21)16(15-17(19)20)26(22,23)24;;/h16H,2-15H2,1H3,(H,19,20)(H,22,23,24);;/q;2*+1/p-2. The molecule has 0 aliphatic rings. The van der Waals surface area contributed by atoms with Crippen molar-refractivity contribution in [1.82, 2.24) is 0 Å². The third-order valence-electron chi connectivity index (χ3n) is 4.21. The average Bonchev–Trinajstić information content (AvgIpc) is 2.55. The fourth-order valence-electron chi connectivity index (χ4n) is 2.66. The second kappa shape index (κ2) is 21.1. The number of rotatable bonds is 17. The van der Waals surface area contributed by atoms with E-state index in [0.717, 1.165) is 19.3 Å². The van der Waals surface area contributed by atoms with Crippen LogP contribution in [0.5, 0.6) is 0 Å². The Labute approximate surface area is 214 Å². The molecular weight excluding hydrogens is 406 g/mol. The third-order valence-corrected chi connectivity index (χ3v) is 5.26. The van der Waals surface area contributed by atoms with Crippen LogP contribution in [0.1, 0.15) is 90.4 Å². The van der Waals surface area contributed by atoms with Crippen molar-refractivity contribution < 1.29 is 91.5 Å². The largest absolute Gasteiger partial charge is 1.00 e. The number of unbranched alkanes of at least 4 members (excludes halogenated alkanes) is 11. The van der Waals surface area contributed by atoms with Crippen molar-refractivity contribution in [2.24, 2.45) is 0 Å². The maximum absolute atomic E-state index is 11.5. The number of carbonyl (C=O) groups is 2. The molecule has 0 fully saturated rings. The molecule has 0 aliphatic carbocycles. The summed E-state index contributed by atoms with van der Waals surface area (Å²) in [5.74, 6) is -3.09. The Kier molecular flexibility index (Phi) is 25.2. The van der Waals surface area contributed by atoms with Crippen molar-refractivity contribution in [3.05, 3.63) is 0 Å². The Bertz CT molecular complexity index is 498. The first-order chi connectivity index (χ1) is 12.3. The van der Waals surface area contributed by atoms with Gasteiger partial charge in [-0.15, -0.1) is 0 Å². The van der Waals surface area contributed by atoms with Gasteiger partial charge in [-0.3, -0.25) is 4.79 Å². The van der Waals surface area contributed by atoms with E-state index in [0.29, 0.717) is 6.42 Å². The maximum Gasteiger partial charge on any atom is 1.00 e. The second-order valence-electron chi connectivity index (χ2n) is 6.61. The molecule has 0 bridgehead atoms. The van der Waals surface area contributed by atoms with Crippen molar-refractivity contribution in [3.8, 4) is 0 Å². The minimum absolute atomic E-state index is 0. The summed E-state index contributed by atoms with van der Waals surface area (Å²) in [6.45, 7) is 2.19. The number of aliphatic carboxylic acids is 1. The molecule has 0 N–H and O–H groups in total. The van der Waals surface area contributed by atoms with Gasteiger partial charge in [0.05, 0.1) is 6.61 Å². The second-order valence-corrected chi connectivity index (χ2v) is 8.17. The topological polar surface area (TPSA) is 124 Å². The van der Waals surface area contributed by atoms with E-state index in [-0.39, 0.29) is 65.7 Å². The summed E-state index contributed by atoms with van der Waals surface area (Å²) >= 11 is 0. The van der Waals surface area contributed by atoms with Crippen LogP contribution >= 0.6 is 0 Å². The Morgan fingerprint density at radius 1 is 0.821 bits per heavy atom. The zero-order valence-electron chi connectivity index (χ0n) is 17.7. The van der Waals surface area contributed by atoms with Gasteiger partial charge in [-0.1, -0.05) is 77.6 Å². The fraction of sp³-hybridized carbons (Fsp3) is 0.889. The normalized spacial score (nSPS) is 11.8. The van der Waals surface area contributed by atoms with E-state index in [1.54, 1.807) is 0 Å². The van der Waals surface area contributed by atoms with Crippen LogP contribution in [0.3, 0.4) is 0 Å². The van der Waals surface area contributed by atoms with E-state index in [2.05, 4.69) is 6.92 Å². The molecule has 0 aromatic heterocycles. The summed E-state index contributed by atoms with van der Waals surface area (Å²) in [5, 5.41) is 8.20. The molecule has 0 spiro atoms. The maximum atomic E-state index is 11.5. The molecule has 0 amide bonds. The van der Waals surface area contributed by atoms with Crippen molar-refractivity contribution in [2.45, 2.75) is 95.6 Å². The number of carboxylic acid groups (broad SMARTS) is 1. The summed E-state index contributed by atoms with van der Waals surface area (Å²) in [6, 6.07) is 0. The van der Waals surface area contributed by atoms with Crippen molar-refractivity contribution >= 4 is 22.1 Å². The zero-order valence-corrected chi connectivity index (χ0v) is 22.6. The Morgan fingerprint density at radius 3 is 1.57 bits per heavy atom. The van der Waals surface area contributed by atoms with Crippen LogP contribution in [0.25, 0.3) is 0 Å². The van der Waals surface area contributed by atoms with Crippen molar-refractivity contribution in [1.29, 1.82) is 0 Å². The molecule has 28 heavy (non-hydrogen) atoms. The monoisotopic (exact) mass is 438 g/mol. The van der Waals surface area contributed by atoms with Gasteiger partial charge in [-0.25, -0.2) is 8.42 Å². The van der Waals surface area contributed by atoms with Gasteiger partial charge < -0.3 is 19.2 Å². The van der Waals surface area contributed by atoms with E-state index < -0.39 is 33.7 Å². The summed E-state index contributed by atoms with van der Waals surface area (Å²) < 4.78 is 37.4. The van der Waals surface area contributed by atoms with Crippen LogP contribution in [0.2, 0.25) is 0 Å². The van der Waals surface area contributed by atoms with E-state index in [4.69, 9.17) is 4.74 Å². The van der Waals surface area contributed by atoms with Crippen LogP contribution in [0, 0.1) is 0 Å². The van der Waals surface area contributed by atoms with Gasteiger partial charge in [0, 0.05) is 12.4 Å². The molecule has 0 rings (SSSR count). The number of hydrogen-bond acceptors (Lipinski definition) is 7. The first-order valence-corrected chi connectivity index (χ1v) is 11.1. The molecule has 0 aromatic carbocycles. The van der Waals surface area contributed by atoms with Crippen LogP contribution in [-0.2, 0) is 24.4 Å². The number of carbonyl (C=O) groups excluding carboxylic acids is 2. The van der Waals surface area contributed by atoms with Crippen LogP contribution < -0.4 is 64.2 Å². The fourth-order valence-corrected chi connectivity index (χ4v) is 3.31. The summed E-state index contributed by atoms with van der Waals surface area (Å²) in [6.07, 6.45) is 12.5. The van der Waals surface area contributed by atoms with Gasteiger partial charge in [0.1, 0.15) is 10.1 Å². The molecule has 7 nitrogen and oxygen atoms in total. The van der Waals surface area contributed by atoms with Crippen LogP contribution in [0.15, 0.2) is 0 Å². The third kappa shape index (κ3) is 20.1. The van der Waals surface area contributed by atoms with E-state index in [1.165, 1.54) is 51.4 Å². The van der Waals surface area contributed by atoms with Gasteiger partial charge in [-0.05, 0) is 6.42 Å². The number of carboxylic acids is 1. The molecule has 0 radical (unpaired) electrons. The van der Waals surface area contributed by atoms with E-state index in [1.807, 2.05) is 0 Å². The first kappa shape index (κ1) is 33.5. The Hall–Kier alpha value is 0.850. The van der Waals surface area contributed by atoms with Gasteiger partial charge >= 0.3 is 65.1 Å². The Morgan fingerprint density at radius 2 is 1.21 bits per heavy atom. The summed E-state index contributed by atoms with van der Waals surface area (Å²) in [7, 11) is -5.07. The van der Waals surface area contributed by atoms with Crippen molar-refractivity contribution in [3.63, 3.8) is 0 Å². The van der Waals surface area contributed by atoms with E-state index >= 15 is 0 Å². The minimum atomic E-state index is -5.07. The molecule has 0 saturated carbocycles.